The van der Waals surface area contributed by atoms with Gasteiger partial charge in [0, 0.05) is 16.1 Å². The standard InChI is InChI=1S/C22H9ClF18O5S2/c23-12-8-6-11(7-9-12)14(46-48(43,44)22(40,41)18(30,31)16(26,27)20(35,36)37)13(10-4-2-1-3-5-10)45-47(42)21(38,39)17(28,29)15(24,25)19(32,33)34/h1-9H/b14-13+. The van der Waals surface area contributed by atoms with Gasteiger partial charge in [0.25, 0.3) is 11.1 Å². The van der Waals surface area contributed by atoms with E-state index in [1.54, 1.807) is 0 Å². The number of halogens is 19. The molecule has 26 heteroatoms. The molecule has 0 saturated heterocycles. The first kappa shape index (κ1) is 41.1. The second kappa shape index (κ2) is 12.7. The molecule has 48 heavy (non-hydrogen) atoms. The lowest BCUT2D eigenvalue weighted by Crippen LogP contribution is -2.63. The van der Waals surface area contributed by atoms with E-state index in [0.29, 0.717) is 36.4 Å². The molecule has 0 N–H and O–H groups in total. The maximum absolute atomic E-state index is 14.5. The lowest BCUT2D eigenvalue weighted by atomic mass is 10.1. The van der Waals surface area contributed by atoms with Crippen molar-refractivity contribution in [2.75, 3.05) is 0 Å². The van der Waals surface area contributed by atoms with Crippen molar-refractivity contribution in [3.63, 3.8) is 0 Å². The smallest absolute Gasteiger partial charge is 0.391 e. The zero-order chi connectivity index (χ0) is 37.7. The first-order chi connectivity index (χ1) is 21.2. The highest BCUT2D eigenvalue weighted by Crippen LogP contribution is 2.57. The Morgan fingerprint density at radius 3 is 1.38 bits per heavy atom. The van der Waals surface area contributed by atoms with E-state index in [0.717, 1.165) is 18.2 Å². The summed E-state index contributed by atoms with van der Waals surface area (Å²) >= 11 is -0.0936. The lowest BCUT2D eigenvalue weighted by Gasteiger charge is -2.33. The third kappa shape index (κ3) is 6.85. The van der Waals surface area contributed by atoms with Crippen LogP contribution in [0, 0.1) is 0 Å². The van der Waals surface area contributed by atoms with Crippen LogP contribution in [-0.4, -0.2) is 59.2 Å². The van der Waals surface area contributed by atoms with Crippen molar-refractivity contribution >= 4 is 44.3 Å². The minimum Gasteiger partial charge on any atom is -0.391 e. The maximum Gasteiger partial charge on any atom is 0.460 e. The molecule has 0 aliphatic heterocycles. The molecule has 2 rings (SSSR count). The summed E-state index contributed by atoms with van der Waals surface area (Å²) in [6.45, 7) is 0. The molecule has 1 unspecified atom stereocenters. The number of hydrogen-bond donors (Lipinski definition) is 0. The average Bonchev–Trinajstić information content (AvgIpc) is 2.93. The van der Waals surface area contributed by atoms with Gasteiger partial charge in [0.15, 0.2) is 11.5 Å². The summed E-state index contributed by atoms with van der Waals surface area (Å²) in [6.07, 6.45) is -15.1. The van der Waals surface area contributed by atoms with Gasteiger partial charge in [0.05, 0.1) is 0 Å². The van der Waals surface area contributed by atoms with Crippen LogP contribution < -0.4 is 0 Å². The van der Waals surface area contributed by atoms with Gasteiger partial charge in [-0.05, 0) is 24.3 Å². The van der Waals surface area contributed by atoms with E-state index in [9.17, 15) is 91.7 Å². The molecule has 0 saturated carbocycles. The van der Waals surface area contributed by atoms with Gasteiger partial charge < -0.3 is 8.37 Å². The summed E-state index contributed by atoms with van der Waals surface area (Å²) in [7, 11) is -8.05. The summed E-state index contributed by atoms with van der Waals surface area (Å²) in [6, 6.07) is 5.08. The van der Waals surface area contributed by atoms with Crippen LogP contribution >= 0.6 is 11.6 Å². The van der Waals surface area contributed by atoms with E-state index in [1.165, 1.54) is 0 Å². The van der Waals surface area contributed by atoms with Gasteiger partial charge >= 0.3 is 56.7 Å². The third-order valence-corrected chi connectivity index (χ3v) is 7.97. The van der Waals surface area contributed by atoms with E-state index in [2.05, 4.69) is 8.37 Å². The molecule has 0 aromatic heterocycles. The number of rotatable bonds is 12. The Labute approximate surface area is 261 Å². The highest BCUT2D eigenvalue weighted by atomic mass is 35.5. The van der Waals surface area contributed by atoms with Crippen LogP contribution in [0.1, 0.15) is 11.1 Å². The van der Waals surface area contributed by atoms with Gasteiger partial charge in [0.1, 0.15) is 0 Å². The number of benzene rings is 2. The molecule has 0 aliphatic carbocycles. The SMILES string of the molecule is O=S(O/C(=C(/OS(=O)(=O)C(F)(F)C(F)(F)C(F)(F)C(F)(F)F)c1ccc(Cl)cc1)c1ccccc1)C(F)(F)C(F)(F)C(F)(F)C(F)(F)F. The third-order valence-electron chi connectivity index (χ3n) is 5.46. The maximum atomic E-state index is 14.5. The first-order valence-electron chi connectivity index (χ1n) is 11.2. The Morgan fingerprint density at radius 2 is 0.958 bits per heavy atom. The second-order valence-electron chi connectivity index (χ2n) is 8.71. The Hall–Kier alpha value is -3.09. The zero-order valence-electron chi connectivity index (χ0n) is 21.7. The summed E-state index contributed by atoms with van der Waals surface area (Å²) in [5, 5.41) is -15.3. The van der Waals surface area contributed by atoms with Gasteiger partial charge in [-0.3, -0.25) is 0 Å². The van der Waals surface area contributed by atoms with E-state index < -0.39 is 95.4 Å². The predicted octanol–water partition coefficient (Wildman–Crippen LogP) is 9.04. The van der Waals surface area contributed by atoms with Crippen molar-refractivity contribution in [2.24, 2.45) is 0 Å². The molecule has 0 amide bonds. The van der Waals surface area contributed by atoms with Crippen LogP contribution in [0.3, 0.4) is 0 Å². The Balaban J connectivity index is 2.96. The van der Waals surface area contributed by atoms with E-state index in [1.807, 2.05) is 0 Å². The number of alkyl halides is 18. The predicted molar refractivity (Wildman–Crippen MR) is 126 cm³/mol. The van der Waals surface area contributed by atoms with Crippen LogP contribution in [0.2, 0.25) is 5.02 Å². The van der Waals surface area contributed by atoms with Crippen molar-refractivity contribution in [3.8, 4) is 0 Å². The highest BCUT2D eigenvalue weighted by molar-refractivity contribution is 7.88. The van der Waals surface area contributed by atoms with Crippen molar-refractivity contribution in [1.29, 1.82) is 0 Å². The molecule has 0 fully saturated rings. The average molecular weight is 795 g/mol. The monoisotopic (exact) mass is 794 g/mol. The van der Waals surface area contributed by atoms with Crippen LogP contribution in [0.4, 0.5) is 79.0 Å². The fourth-order valence-corrected chi connectivity index (χ4v) is 4.73. The van der Waals surface area contributed by atoms with Gasteiger partial charge in [-0.15, -0.1) is 0 Å². The van der Waals surface area contributed by atoms with Gasteiger partial charge in [-0.1, -0.05) is 41.9 Å². The zero-order valence-corrected chi connectivity index (χ0v) is 24.1. The summed E-state index contributed by atoms with van der Waals surface area (Å²) in [5.74, 6) is -35.9. The largest absolute Gasteiger partial charge is 0.460 e. The first-order valence-corrected chi connectivity index (χ1v) is 14.1. The molecule has 0 spiro atoms. The van der Waals surface area contributed by atoms with Crippen molar-refractivity contribution in [2.45, 2.75) is 46.6 Å². The van der Waals surface area contributed by atoms with Crippen molar-refractivity contribution < 1.29 is 100 Å². The molecule has 2 aromatic rings. The molecule has 2 aromatic carbocycles. The lowest BCUT2D eigenvalue weighted by molar-refractivity contribution is -0.382. The summed E-state index contributed by atoms with van der Waals surface area (Å²) in [5.41, 5.74) is -2.54. The summed E-state index contributed by atoms with van der Waals surface area (Å²) < 4.78 is 286. The van der Waals surface area contributed by atoms with Crippen molar-refractivity contribution in [1.82, 2.24) is 0 Å². The van der Waals surface area contributed by atoms with E-state index in [4.69, 9.17) is 11.6 Å². The fraction of sp³-hybridized carbons (Fsp3) is 0.364. The molecule has 5 nitrogen and oxygen atoms in total. The van der Waals surface area contributed by atoms with Crippen molar-refractivity contribution in [3.05, 3.63) is 70.7 Å². The minimum atomic E-state index is -8.05. The Kier molecular flexibility index (Phi) is 10.8. The summed E-state index contributed by atoms with van der Waals surface area (Å²) in [4.78, 5) is 0. The van der Waals surface area contributed by atoms with Crippen LogP contribution in [-0.2, 0) is 29.6 Å². The molecule has 0 bridgehead atoms. The molecule has 1 atom stereocenters. The normalized spacial score (nSPS) is 15.9. The second-order valence-corrected chi connectivity index (χ2v) is 11.9. The molecule has 272 valence electrons. The molecular weight excluding hydrogens is 786 g/mol. The highest BCUT2D eigenvalue weighted by Gasteiger charge is 2.87. The van der Waals surface area contributed by atoms with E-state index in [-0.39, 0.29) is 0 Å². The quantitative estimate of drug-likeness (QED) is 0.0929. The molecular formula is C22H9ClF18O5S2. The van der Waals surface area contributed by atoms with Crippen LogP contribution in [0.15, 0.2) is 54.6 Å². The number of hydrogen-bond acceptors (Lipinski definition) is 5. The van der Waals surface area contributed by atoms with Crippen LogP contribution in [0.25, 0.3) is 11.5 Å². The molecule has 0 aliphatic rings. The van der Waals surface area contributed by atoms with Gasteiger partial charge in [-0.2, -0.15) is 87.4 Å². The van der Waals surface area contributed by atoms with E-state index >= 15 is 0 Å². The Bertz CT molecular complexity index is 1640. The minimum absolute atomic E-state index is 0.327. The fourth-order valence-electron chi connectivity index (χ4n) is 2.90. The van der Waals surface area contributed by atoms with Gasteiger partial charge in [-0.25, -0.2) is 4.21 Å². The van der Waals surface area contributed by atoms with Crippen LogP contribution in [0.5, 0.6) is 0 Å². The topological polar surface area (TPSA) is 69.7 Å². The Morgan fingerprint density at radius 1 is 0.562 bits per heavy atom. The molecule has 0 radical (unpaired) electrons. The van der Waals surface area contributed by atoms with Gasteiger partial charge in [0.2, 0.25) is 0 Å². The molecule has 0 heterocycles.